The van der Waals surface area contributed by atoms with Gasteiger partial charge in [-0.1, -0.05) is 30.9 Å². The Hall–Kier alpha value is -3.10. The van der Waals surface area contributed by atoms with E-state index in [0.717, 1.165) is 66.7 Å². The summed E-state index contributed by atoms with van der Waals surface area (Å²) in [6.07, 6.45) is 9.74. The lowest BCUT2D eigenvalue weighted by molar-refractivity contribution is 0.0618. The fourth-order valence-electron chi connectivity index (χ4n) is 4.82. The SMILES string of the molecule is COc1ccc(-c2cnccn2)cc1CN(C(=O)c1sc2c(F)ccc(F)c2c1Cl)C1CCCCC1. The molecule has 0 saturated heterocycles. The maximum absolute atomic E-state index is 14.5. The first-order chi connectivity index (χ1) is 17.5. The van der Waals surface area contributed by atoms with Crippen LogP contribution in [-0.4, -0.2) is 33.9 Å². The Morgan fingerprint density at radius 2 is 1.92 bits per heavy atom. The summed E-state index contributed by atoms with van der Waals surface area (Å²) in [5.74, 6) is -0.941. The van der Waals surface area contributed by atoms with E-state index in [1.54, 1.807) is 30.6 Å². The molecule has 0 bridgehead atoms. The summed E-state index contributed by atoms with van der Waals surface area (Å²) in [7, 11) is 1.59. The molecule has 0 atom stereocenters. The number of benzene rings is 2. The number of halogens is 3. The van der Waals surface area contributed by atoms with Crippen LogP contribution in [0.2, 0.25) is 5.02 Å². The lowest BCUT2D eigenvalue weighted by Gasteiger charge is -2.34. The highest BCUT2D eigenvalue weighted by molar-refractivity contribution is 7.21. The Labute approximate surface area is 216 Å². The fourth-order valence-corrected chi connectivity index (χ4v) is 6.32. The lowest BCUT2D eigenvalue weighted by atomic mass is 9.93. The number of carbonyl (C=O) groups excluding carboxylic acids is 1. The molecular formula is C27H24ClF2N3O2S. The first-order valence-electron chi connectivity index (χ1n) is 11.8. The summed E-state index contributed by atoms with van der Waals surface area (Å²) >= 11 is 7.39. The van der Waals surface area contributed by atoms with Crippen LogP contribution in [-0.2, 0) is 6.54 Å². The molecule has 2 aromatic carbocycles. The number of rotatable bonds is 6. The van der Waals surface area contributed by atoms with Crippen LogP contribution in [0.4, 0.5) is 8.78 Å². The Bertz CT molecular complexity index is 1410. The van der Waals surface area contributed by atoms with E-state index in [1.807, 2.05) is 18.2 Å². The van der Waals surface area contributed by atoms with Crippen LogP contribution < -0.4 is 4.74 Å². The van der Waals surface area contributed by atoms with Gasteiger partial charge in [-0.05, 0) is 43.2 Å². The number of nitrogens with zero attached hydrogens (tertiary/aromatic N) is 3. The molecule has 1 fully saturated rings. The van der Waals surface area contributed by atoms with Gasteiger partial charge in [0.25, 0.3) is 5.91 Å². The van der Waals surface area contributed by atoms with Crippen molar-refractivity contribution in [3.63, 3.8) is 0 Å². The number of ether oxygens (including phenoxy) is 1. The molecule has 0 unspecified atom stereocenters. The quantitative estimate of drug-likeness (QED) is 0.264. The third kappa shape index (κ3) is 4.67. The Balaban J connectivity index is 1.57. The van der Waals surface area contributed by atoms with Gasteiger partial charge in [-0.25, -0.2) is 8.78 Å². The number of amides is 1. The van der Waals surface area contributed by atoms with Gasteiger partial charge in [-0.15, -0.1) is 11.3 Å². The summed E-state index contributed by atoms with van der Waals surface area (Å²) in [5, 5.41) is -0.0890. The molecule has 9 heteroatoms. The molecule has 2 heterocycles. The van der Waals surface area contributed by atoms with Gasteiger partial charge in [0.1, 0.15) is 22.3 Å². The fraction of sp³-hybridized carbons (Fsp3) is 0.296. The number of fused-ring (bicyclic) bond motifs is 1. The molecular weight excluding hydrogens is 504 g/mol. The number of hydrogen-bond acceptors (Lipinski definition) is 5. The molecule has 0 spiro atoms. The second kappa shape index (κ2) is 10.5. The number of aromatic nitrogens is 2. The minimum atomic E-state index is -0.644. The smallest absolute Gasteiger partial charge is 0.266 e. The zero-order valence-corrected chi connectivity index (χ0v) is 21.2. The van der Waals surface area contributed by atoms with E-state index in [1.165, 1.54) is 0 Å². The maximum Gasteiger partial charge on any atom is 0.266 e. The van der Waals surface area contributed by atoms with E-state index < -0.39 is 11.6 Å². The van der Waals surface area contributed by atoms with Gasteiger partial charge in [-0.2, -0.15) is 0 Å². The molecule has 5 nitrogen and oxygen atoms in total. The van der Waals surface area contributed by atoms with Crippen LogP contribution >= 0.6 is 22.9 Å². The molecule has 186 valence electrons. The molecule has 1 saturated carbocycles. The third-order valence-electron chi connectivity index (χ3n) is 6.63. The van der Waals surface area contributed by atoms with Crippen molar-refractivity contribution in [2.24, 2.45) is 0 Å². The largest absolute Gasteiger partial charge is 0.496 e. The summed E-state index contributed by atoms with van der Waals surface area (Å²) in [5.41, 5.74) is 2.35. The highest BCUT2D eigenvalue weighted by Gasteiger charge is 2.31. The van der Waals surface area contributed by atoms with Crippen molar-refractivity contribution < 1.29 is 18.3 Å². The van der Waals surface area contributed by atoms with Crippen molar-refractivity contribution in [2.45, 2.75) is 44.7 Å². The van der Waals surface area contributed by atoms with Gasteiger partial charge in [0.05, 0.1) is 34.1 Å². The molecule has 0 aliphatic heterocycles. The normalized spacial score (nSPS) is 14.2. The molecule has 1 amide bonds. The van der Waals surface area contributed by atoms with E-state index in [0.29, 0.717) is 11.4 Å². The number of thiophene rings is 1. The van der Waals surface area contributed by atoms with E-state index in [9.17, 15) is 13.6 Å². The molecule has 0 radical (unpaired) electrons. The van der Waals surface area contributed by atoms with Crippen LogP contribution in [0.25, 0.3) is 21.3 Å². The topological polar surface area (TPSA) is 55.3 Å². The van der Waals surface area contributed by atoms with E-state index in [4.69, 9.17) is 16.3 Å². The van der Waals surface area contributed by atoms with Crippen LogP contribution in [0.5, 0.6) is 5.75 Å². The predicted molar refractivity (Wildman–Crippen MR) is 138 cm³/mol. The Morgan fingerprint density at radius 1 is 1.14 bits per heavy atom. The zero-order valence-electron chi connectivity index (χ0n) is 19.6. The van der Waals surface area contributed by atoms with E-state index >= 15 is 0 Å². The molecule has 1 aliphatic carbocycles. The molecule has 5 rings (SSSR count). The molecule has 1 aliphatic rings. The standard InChI is InChI=1S/C27H24ClF2N3O2S/c1-35-22-10-7-16(21-14-31-11-12-32-21)13-17(22)15-33(18-5-3-2-4-6-18)27(34)26-24(28)23-19(29)8-9-20(30)25(23)36-26/h7-14,18H,2-6,15H2,1H3. The van der Waals surface area contributed by atoms with Gasteiger partial charge in [0, 0.05) is 36.1 Å². The minimum absolute atomic E-state index is 0.0212. The zero-order chi connectivity index (χ0) is 25.2. The highest BCUT2D eigenvalue weighted by Crippen LogP contribution is 2.40. The first-order valence-corrected chi connectivity index (χ1v) is 13.0. The van der Waals surface area contributed by atoms with Crippen LogP contribution in [0.1, 0.15) is 47.3 Å². The maximum atomic E-state index is 14.5. The van der Waals surface area contributed by atoms with Crippen molar-refractivity contribution >= 4 is 38.9 Å². The van der Waals surface area contributed by atoms with Crippen molar-refractivity contribution in [3.8, 4) is 17.0 Å². The van der Waals surface area contributed by atoms with E-state index in [2.05, 4.69) is 9.97 Å². The number of hydrogen-bond donors (Lipinski definition) is 0. The summed E-state index contributed by atoms with van der Waals surface area (Å²) in [6, 6.07) is 7.75. The number of carbonyl (C=O) groups is 1. The molecule has 36 heavy (non-hydrogen) atoms. The second-order valence-electron chi connectivity index (χ2n) is 8.82. The summed E-state index contributed by atoms with van der Waals surface area (Å²) < 4.78 is 34.6. The average Bonchev–Trinajstić information content (AvgIpc) is 3.28. The Kier molecular flexibility index (Phi) is 7.16. The van der Waals surface area contributed by atoms with Gasteiger partial charge < -0.3 is 9.64 Å². The van der Waals surface area contributed by atoms with Gasteiger partial charge in [-0.3, -0.25) is 14.8 Å². The Morgan fingerprint density at radius 3 is 2.61 bits per heavy atom. The van der Waals surface area contributed by atoms with Crippen molar-refractivity contribution in [1.82, 2.24) is 14.9 Å². The first kappa shape index (κ1) is 24.6. The minimum Gasteiger partial charge on any atom is -0.496 e. The number of methoxy groups -OCH3 is 1. The van der Waals surface area contributed by atoms with Crippen molar-refractivity contribution in [2.75, 3.05) is 7.11 Å². The monoisotopic (exact) mass is 527 g/mol. The average molecular weight is 528 g/mol. The predicted octanol–water partition coefficient (Wildman–Crippen LogP) is 7.27. The van der Waals surface area contributed by atoms with Crippen LogP contribution in [0, 0.1) is 11.6 Å². The van der Waals surface area contributed by atoms with Gasteiger partial charge in [0.2, 0.25) is 0 Å². The van der Waals surface area contributed by atoms with E-state index in [-0.39, 0.29) is 38.5 Å². The van der Waals surface area contributed by atoms with Gasteiger partial charge in [0.15, 0.2) is 0 Å². The van der Waals surface area contributed by atoms with Crippen LogP contribution in [0.3, 0.4) is 0 Å². The molecule has 4 aromatic rings. The summed E-state index contributed by atoms with van der Waals surface area (Å²) in [4.78, 5) is 24.4. The lowest BCUT2D eigenvalue weighted by Crippen LogP contribution is -2.40. The summed E-state index contributed by atoms with van der Waals surface area (Å²) in [6.45, 7) is 0.260. The molecule has 0 N–H and O–H groups in total. The van der Waals surface area contributed by atoms with Crippen molar-refractivity contribution in [3.05, 3.63) is 76.0 Å². The second-order valence-corrected chi connectivity index (χ2v) is 10.2. The third-order valence-corrected chi connectivity index (χ3v) is 8.31. The van der Waals surface area contributed by atoms with Gasteiger partial charge >= 0.3 is 0 Å². The van der Waals surface area contributed by atoms with Crippen molar-refractivity contribution in [1.29, 1.82) is 0 Å². The molecule has 2 aromatic heterocycles. The van der Waals surface area contributed by atoms with Crippen LogP contribution in [0.15, 0.2) is 48.9 Å². The highest BCUT2D eigenvalue weighted by atomic mass is 35.5.